The van der Waals surface area contributed by atoms with Crippen LogP contribution in [-0.4, -0.2) is 23.1 Å². The predicted octanol–water partition coefficient (Wildman–Crippen LogP) is 4.90. The molecule has 0 radical (unpaired) electrons. The number of aromatic nitrogens is 2. The minimum Gasteiger partial charge on any atom is -0.487 e. The highest BCUT2D eigenvalue weighted by molar-refractivity contribution is 5.92. The molecule has 0 bridgehead atoms. The summed E-state index contributed by atoms with van der Waals surface area (Å²) in [5, 5.41) is 1.21. The molecule has 4 heteroatoms. The lowest BCUT2D eigenvalue weighted by Crippen LogP contribution is -2.24. The minimum atomic E-state index is 0.469. The van der Waals surface area contributed by atoms with Crippen LogP contribution in [0, 0.1) is 6.92 Å². The van der Waals surface area contributed by atoms with Crippen LogP contribution in [0.3, 0.4) is 0 Å². The van der Waals surface area contributed by atoms with Gasteiger partial charge in [-0.1, -0.05) is 18.9 Å². The number of nitrogens with zero attached hydrogens (tertiary/aromatic N) is 3. The van der Waals surface area contributed by atoms with Crippen LogP contribution in [0.1, 0.15) is 37.1 Å². The van der Waals surface area contributed by atoms with E-state index in [0.717, 1.165) is 35.7 Å². The molecule has 0 amide bonds. The van der Waals surface area contributed by atoms with E-state index in [4.69, 9.17) is 9.72 Å². The Morgan fingerprint density at radius 1 is 1.00 bits per heavy atom. The molecule has 0 unspecified atom stereocenters. The maximum absolute atomic E-state index is 5.93. The van der Waals surface area contributed by atoms with Gasteiger partial charge in [0, 0.05) is 42.1 Å². The Morgan fingerprint density at radius 2 is 1.85 bits per heavy atom. The van der Waals surface area contributed by atoms with E-state index < -0.39 is 0 Å². The van der Waals surface area contributed by atoms with Crippen molar-refractivity contribution < 1.29 is 4.74 Å². The summed E-state index contributed by atoms with van der Waals surface area (Å²) in [4.78, 5) is 11.6. The third-order valence-corrected chi connectivity index (χ3v) is 4.95. The maximum atomic E-state index is 5.93. The van der Waals surface area contributed by atoms with Gasteiger partial charge in [-0.05, 0) is 50.1 Å². The van der Waals surface area contributed by atoms with E-state index in [1.807, 2.05) is 30.3 Å². The molecule has 0 saturated carbocycles. The van der Waals surface area contributed by atoms with Crippen LogP contribution in [0.25, 0.3) is 10.9 Å². The monoisotopic (exact) mass is 347 g/mol. The molecule has 4 rings (SSSR count). The molecule has 134 valence electrons. The third kappa shape index (κ3) is 3.79. The van der Waals surface area contributed by atoms with Crippen molar-refractivity contribution in [1.29, 1.82) is 0 Å². The van der Waals surface area contributed by atoms with Crippen LogP contribution in [0.4, 0.5) is 5.69 Å². The summed E-state index contributed by atoms with van der Waals surface area (Å²) in [6.45, 7) is 4.81. The summed E-state index contributed by atoms with van der Waals surface area (Å²) in [7, 11) is 0. The van der Waals surface area contributed by atoms with Crippen LogP contribution in [-0.2, 0) is 6.61 Å². The molecule has 1 aliphatic rings. The summed E-state index contributed by atoms with van der Waals surface area (Å²) in [6.07, 6.45) is 7.01. The van der Waals surface area contributed by atoms with Gasteiger partial charge in [0.05, 0.1) is 11.2 Å². The average Bonchev–Trinajstić information content (AvgIpc) is 2.95. The van der Waals surface area contributed by atoms with E-state index in [9.17, 15) is 0 Å². The molecule has 0 N–H and O–H groups in total. The van der Waals surface area contributed by atoms with Gasteiger partial charge in [-0.15, -0.1) is 0 Å². The lowest BCUT2D eigenvalue weighted by atomic mass is 10.1. The topological polar surface area (TPSA) is 38.2 Å². The van der Waals surface area contributed by atoms with Crippen LogP contribution >= 0.6 is 0 Å². The summed E-state index contributed by atoms with van der Waals surface area (Å²) < 4.78 is 5.93. The Hall–Kier alpha value is -2.62. The van der Waals surface area contributed by atoms with E-state index in [2.05, 4.69) is 28.9 Å². The third-order valence-electron chi connectivity index (χ3n) is 4.95. The normalized spacial score (nSPS) is 15.0. The summed E-state index contributed by atoms with van der Waals surface area (Å²) >= 11 is 0. The fourth-order valence-electron chi connectivity index (χ4n) is 3.62. The van der Waals surface area contributed by atoms with Crippen LogP contribution in [0.5, 0.6) is 5.75 Å². The van der Waals surface area contributed by atoms with E-state index in [1.165, 1.54) is 36.8 Å². The molecule has 0 spiro atoms. The number of hydrogen-bond acceptors (Lipinski definition) is 4. The standard InChI is InChI=1S/C22H25N3O/c1-17-14-22(25-12-6-2-3-7-13-25)20-10-9-19(15-21(20)24-17)26-16-18-8-4-5-11-23-18/h4-5,8-11,14-15H,2-3,6-7,12-13,16H2,1H3. The second-order valence-corrected chi connectivity index (χ2v) is 6.97. The first-order valence-corrected chi connectivity index (χ1v) is 9.49. The molecule has 2 aromatic heterocycles. The van der Waals surface area contributed by atoms with Gasteiger partial charge in [-0.25, -0.2) is 0 Å². The molecule has 26 heavy (non-hydrogen) atoms. The van der Waals surface area contributed by atoms with Crippen LogP contribution in [0.2, 0.25) is 0 Å². The molecule has 1 aromatic carbocycles. The van der Waals surface area contributed by atoms with Gasteiger partial charge in [0.1, 0.15) is 12.4 Å². The molecule has 3 aromatic rings. The number of rotatable bonds is 4. The Morgan fingerprint density at radius 3 is 2.62 bits per heavy atom. The first-order chi connectivity index (χ1) is 12.8. The Kier molecular flexibility index (Phi) is 5.00. The molecule has 1 aliphatic heterocycles. The first kappa shape index (κ1) is 16.8. The van der Waals surface area contributed by atoms with Crippen LogP contribution < -0.4 is 9.64 Å². The highest BCUT2D eigenvalue weighted by Gasteiger charge is 2.14. The van der Waals surface area contributed by atoms with E-state index in [1.54, 1.807) is 6.20 Å². The van der Waals surface area contributed by atoms with Gasteiger partial charge in [-0.3, -0.25) is 9.97 Å². The SMILES string of the molecule is Cc1cc(N2CCCCCC2)c2ccc(OCc3ccccn3)cc2n1. The van der Waals surface area contributed by atoms with Crippen molar-refractivity contribution >= 4 is 16.6 Å². The fourth-order valence-corrected chi connectivity index (χ4v) is 3.62. The molecule has 1 fully saturated rings. The van der Waals surface area contributed by atoms with Gasteiger partial charge in [-0.2, -0.15) is 0 Å². The zero-order valence-corrected chi connectivity index (χ0v) is 15.3. The smallest absolute Gasteiger partial charge is 0.130 e. The average molecular weight is 347 g/mol. The highest BCUT2D eigenvalue weighted by Crippen LogP contribution is 2.31. The second-order valence-electron chi connectivity index (χ2n) is 6.97. The summed E-state index contributed by atoms with van der Waals surface area (Å²) in [5.74, 6) is 0.836. The number of benzene rings is 1. The molecular weight excluding hydrogens is 322 g/mol. The van der Waals surface area contributed by atoms with E-state index >= 15 is 0 Å². The fraction of sp³-hybridized carbons (Fsp3) is 0.364. The van der Waals surface area contributed by atoms with Crippen LogP contribution in [0.15, 0.2) is 48.7 Å². The number of ether oxygens (including phenoxy) is 1. The van der Waals surface area contributed by atoms with Crippen molar-refractivity contribution in [1.82, 2.24) is 9.97 Å². The summed E-state index contributed by atoms with van der Waals surface area (Å²) in [5.41, 5.74) is 4.29. The zero-order valence-electron chi connectivity index (χ0n) is 15.3. The summed E-state index contributed by atoms with van der Waals surface area (Å²) in [6, 6.07) is 14.3. The van der Waals surface area contributed by atoms with Crippen molar-refractivity contribution in [3.05, 3.63) is 60.0 Å². The van der Waals surface area contributed by atoms with Gasteiger partial charge < -0.3 is 9.64 Å². The molecule has 1 saturated heterocycles. The zero-order chi connectivity index (χ0) is 17.8. The molecule has 3 heterocycles. The van der Waals surface area contributed by atoms with Gasteiger partial charge in [0.2, 0.25) is 0 Å². The molecular formula is C22H25N3O. The number of hydrogen-bond donors (Lipinski definition) is 0. The Labute approximate surface area is 154 Å². The van der Waals surface area contributed by atoms with E-state index in [-0.39, 0.29) is 0 Å². The number of pyridine rings is 2. The Balaban J connectivity index is 1.61. The van der Waals surface area contributed by atoms with Crippen molar-refractivity contribution in [2.75, 3.05) is 18.0 Å². The maximum Gasteiger partial charge on any atom is 0.130 e. The first-order valence-electron chi connectivity index (χ1n) is 9.49. The number of fused-ring (bicyclic) bond motifs is 1. The van der Waals surface area contributed by atoms with Gasteiger partial charge in [0.25, 0.3) is 0 Å². The largest absolute Gasteiger partial charge is 0.487 e. The molecule has 0 aliphatic carbocycles. The Bertz CT molecular complexity index is 871. The highest BCUT2D eigenvalue weighted by atomic mass is 16.5. The van der Waals surface area contributed by atoms with Gasteiger partial charge in [0.15, 0.2) is 0 Å². The molecule has 4 nitrogen and oxygen atoms in total. The van der Waals surface area contributed by atoms with Crippen molar-refractivity contribution in [3.63, 3.8) is 0 Å². The van der Waals surface area contributed by atoms with Crippen molar-refractivity contribution in [2.45, 2.75) is 39.2 Å². The lowest BCUT2D eigenvalue weighted by molar-refractivity contribution is 0.301. The molecule has 0 atom stereocenters. The number of aryl methyl sites for hydroxylation is 1. The van der Waals surface area contributed by atoms with Crippen molar-refractivity contribution in [2.24, 2.45) is 0 Å². The second kappa shape index (κ2) is 7.73. The minimum absolute atomic E-state index is 0.469. The quantitative estimate of drug-likeness (QED) is 0.673. The van der Waals surface area contributed by atoms with Crippen molar-refractivity contribution in [3.8, 4) is 5.75 Å². The number of anilines is 1. The van der Waals surface area contributed by atoms with Gasteiger partial charge >= 0.3 is 0 Å². The predicted molar refractivity (Wildman–Crippen MR) is 106 cm³/mol. The lowest BCUT2D eigenvalue weighted by Gasteiger charge is -2.24. The van der Waals surface area contributed by atoms with E-state index in [0.29, 0.717) is 6.61 Å².